The molecule has 1 atom stereocenters. The minimum Gasteiger partial charge on any atom is -0.398 e. The Kier molecular flexibility index (Phi) is 2.08. The summed E-state index contributed by atoms with van der Waals surface area (Å²) in [4.78, 5) is 14.2. The van der Waals surface area contributed by atoms with E-state index in [1.165, 1.54) is 28.7 Å². The number of rotatable bonds is 1. The van der Waals surface area contributed by atoms with Gasteiger partial charge in [-0.1, -0.05) is 6.07 Å². The van der Waals surface area contributed by atoms with E-state index in [0.29, 0.717) is 0 Å². The first-order chi connectivity index (χ1) is 7.81. The zero-order valence-electron chi connectivity index (χ0n) is 9.12. The van der Waals surface area contributed by atoms with E-state index in [0.717, 1.165) is 31.4 Å². The van der Waals surface area contributed by atoms with Crippen molar-refractivity contribution in [3.63, 3.8) is 0 Å². The number of hydrogen-bond acceptors (Lipinski definition) is 3. The predicted octanol–water partition coefficient (Wildman–Crippen LogP) is 2.08. The molecule has 1 aromatic carbocycles. The molecular weight excluding hydrogens is 200 g/mol. The lowest BCUT2D eigenvalue weighted by atomic mass is 9.98. The minimum atomic E-state index is 0.000648. The Morgan fingerprint density at radius 3 is 3.00 bits per heavy atom. The number of hydrogen-bond donors (Lipinski definition) is 1. The third kappa shape index (κ3) is 1.22. The number of benzene rings is 1. The summed E-state index contributed by atoms with van der Waals surface area (Å²) in [5.74, 6) is 0. The first kappa shape index (κ1) is 9.61. The monoisotopic (exact) mass is 214 g/mol. The molecule has 2 aliphatic carbocycles. The van der Waals surface area contributed by atoms with Crippen LogP contribution in [0.15, 0.2) is 11.1 Å². The molecule has 0 spiro atoms. The molecule has 0 radical (unpaired) electrons. The summed E-state index contributed by atoms with van der Waals surface area (Å²) in [6.07, 6.45) is 6.94. The second-order valence-corrected chi connectivity index (χ2v) is 4.62. The van der Waals surface area contributed by atoms with Crippen molar-refractivity contribution in [1.82, 2.24) is 0 Å². The fraction of sp³-hybridized carbons (Fsp3) is 0.462. The standard InChI is InChI=1S/C13H14N2O/c14-13-9-3-1-2-8(9)6-11-10(13)4-5-12(11)15-7-16/h6,12H,1-5,14H2. The number of nitrogens with zero attached hydrogens (tertiary/aromatic N) is 1. The summed E-state index contributed by atoms with van der Waals surface area (Å²) in [6.45, 7) is 0. The van der Waals surface area contributed by atoms with Crippen molar-refractivity contribution in [3.05, 3.63) is 28.3 Å². The van der Waals surface area contributed by atoms with E-state index >= 15 is 0 Å². The van der Waals surface area contributed by atoms with Crippen molar-refractivity contribution in [2.75, 3.05) is 5.73 Å². The molecule has 3 nitrogen and oxygen atoms in total. The molecule has 3 rings (SSSR count). The van der Waals surface area contributed by atoms with Gasteiger partial charge in [0, 0.05) is 5.69 Å². The van der Waals surface area contributed by atoms with Crippen LogP contribution >= 0.6 is 0 Å². The molecule has 1 unspecified atom stereocenters. The van der Waals surface area contributed by atoms with Gasteiger partial charge in [0.2, 0.25) is 6.08 Å². The lowest BCUT2D eigenvalue weighted by Gasteiger charge is -2.11. The van der Waals surface area contributed by atoms with E-state index in [-0.39, 0.29) is 6.04 Å². The molecule has 2 N–H and O–H groups in total. The number of nitrogens with two attached hydrogens (primary N) is 1. The molecule has 0 saturated carbocycles. The van der Waals surface area contributed by atoms with E-state index in [9.17, 15) is 4.79 Å². The van der Waals surface area contributed by atoms with Crippen molar-refractivity contribution < 1.29 is 4.79 Å². The third-order valence-corrected chi connectivity index (χ3v) is 3.82. The fourth-order valence-corrected chi connectivity index (χ4v) is 3.06. The van der Waals surface area contributed by atoms with Crippen LogP contribution in [0, 0.1) is 0 Å². The Morgan fingerprint density at radius 1 is 1.31 bits per heavy atom. The highest BCUT2D eigenvalue weighted by molar-refractivity contribution is 5.64. The van der Waals surface area contributed by atoms with Gasteiger partial charge in [0.05, 0.1) is 6.04 Å². The summed E-state index contributed by atoms with van der Waals surface area (Å²) in [7, 11) is 0. The first-order valence-electron chi connectivity index (χ1n) is 5.81. The molecule has 0 aliphatic heterocycles. The van der Waals surface area contributed by atoms with E-state index in [1.807, 2.05) is 0 Å². The van der Waals surface area contributed by atoms with Gasteiger partial charge in [-0.25, -0.2) is 4.79 Å². The van der Waals surface area contributed by atoms with Gasteiger partial charge in [0.25, 0.3) is 0 Å². The molecule has 16 heavy (non-hydrogen) atoms. The van der Waals surface area contributed by atoms with Crippen LogP contribution in [0.5, 0.6) is 0 Å². The molecule has 2 aliphatic rings. The molecule has 0 fully saturated rings. The van der Waals surface area contributed by atoms with Crippen LogP contribution in [-0.2, 0) is 24.1 Å². The molecule has 0 saturated heterocycles. The molecule has 3 heteroatoms. The van der Waals surface area contributed by atoms with Crippen molar-refractivity contribution >= 4 is 11.8 Å². The van der Waals surface area contributed by atoms with Crippen LogP contribution < -0.4 is 5.73 Å². The van der Waals surface area contributed by atoms with E-state index in [1.54, 1.807) is 6.08 Å². The van der Waals surface area contributed by atoms with Crippen molar-refractivity contribution in [1.29, 1.82) is 0 Å². The Bertz CT molecular complexity index is 501. The number of carbonyl (C=O) groups excluding carboxylic acids is 1. The van der Waals surface area contributed by atoms with Crippen molar-refractivity contribution in [2.45, 2.75) is 38.1 Å². The summed E-state index contributed by atoms with van der Waals surface area (Å²) < 4.78 is 0. The lowest BCUT2D eigenvalue weighted by molar-refractivity contribution is 0.557. The molecule has 0 amide bonds. The molecule has 0 aromatic heterocycles. The summed E-state index contributed by atoms with van der Waals surface area (Å²) >= 11 is 0. The number of anilines is 1. The van der Waals surface area contributed by atoms with Gasteiger partial charge in [-0.05, 0) is 54.4 Å². The molecule has 0 heterocycles. The maximum Gasteiger partial charge on any atom is 0.235 e. The Hall–Kier alpha value is -1.60. The minimum absolute atomic E-state index is 0.000648. The third-order valence-electron chi connectivity index (χ3n) is 3.82. The first-order valence-corrected chi connectivity index (χ1v) is 5.81. The van der Waals surface area contributed by atoms with Crippen LogP contribution in [-0.4, -0.2) is 6.08 Å². The summed E-state index contributed by atoms with van der Waals surface area (Å²) in [6, 6.07) is 2.22. The lowest BCUT2D eigenvalue weighted by Crippen LogP contribution is -2.00. The Morgan fingerprint density at radius 2 is 2.19 bits per heavy atom. The zero-order valence-corrected chi connectivity index (χ0v) is 9.12. The second kappa shape index (κ2) is 3.46. The Labute approximate surface area is 94.4 Å². The average Bonchev–Trinajstić information content (AvgIpc) is 2.87. The maximum absolute atomic E-state index is 10.4. The van der Waals surface area contributed by atoms with Gasteiger partial charge in [0.1, 0.15) is 0 Å². The van der Waals surface area contributed by atoms with Gasteiger partial charge in [-0.3, -0.25) is 0 Å². The van der Waals surface area contributed by atoms with Crippen LogP contribution in [0.1, 0.15) is 41.1 Å². The van der Waals surface area contributed by atoms with Gasteiger partial charge in [-0.2, -0.15) is 4.99 Å². The van der Waals surface area contributed by atoms with Gasteiger partial charge in [-0.15, -0.1) is 0 Å². The molecule has 0 bridgehead atoms. The van der Waals surface area contributed by atoms with E-state index in [2.05, 4.69) is 11.1 Å². The van der Waals surface area contributed by atoms with Gasteiger partial charge >= 0.3 is 0 Å². The molecular formula is C13H14N2O. The fourth-order valence-electron chi connectivity index (χ4n) is 3.06. The highest BCUT2D eigenvalue weighted by atomic mass is 16.1. The topological polar surface area (TPSA) is 55.4 Å². The normalized spacial score (nSPS) is 21.4. The number of nitrogen functional groups attached to an aromatic ring is 1. The predicted molar refractivity (Wildman–Crippen MR) is 62.1 cm³/mol. The van der Waals surface area contributed by atoms with Gasteiger partial charge in [0.15, 0.2) is 0 Å². The quantitative estimate of drug-likeness (QED) is 0.442. The average molecular weight is 214 g/mol. The number of isocyanates is 1. The van der Waals surface area contributed by atoms with E-state index < -0.39 is 0 Å². The van der Waals surface area contributed by atoms with Crippen molar-refractivity contribution in [2.24, 2.45) is 4.99 Å². The smallest absolute Gasteiger partial charge is 0.235 e. The zero-order chi connectivity index (χ0) is 11.1. The SMILES string of the molecule is Nc1c2c(cc3c1CCC3N=C=O)CCC2. The van der Waals surface area contributed by atoms with Gasteiger partial charge < -0.3 is 5.73 Å². The van der Waals surface area contributed by atoms with Crippen LogP contribution in [0.4, 0.5) is 5.69 Å². The van der Waals surface area contributed by atoms with Crippen LogP contribution in [0.2, 0.25) is 0 Å². The number of aliphatic imine (C=N–C) groups is 1. The van der Waals surface area contributed by atoms with E-state index in [4.69, 9.17) is 5.73 Å². The highest BCUT2D eigenvalue weighted by Gasteiger charge is 2.28. The summed E-state index contributed by atoms with van der Waals surface area (Å²) in [5.41, 5.74) is 12.3. The largest absolute Gasteiger partial charge is 0.398 e. The Balaban J connectivity index is 2.17. The van der Waals surface area contributed by atoms with Crippen molar-refractivity contribution in [3.8, 4) is 0 Å². The number of fused-ring (bicyclic) bond motifs is 2. The molecule has 1 aromatic rings. The maximum atomic E-state index is 10.4. The molecule has 82 valence electrons. The second-order valence-electron chi connectivity index (χ2n) is 4.62. The van der Waals surface area contributed by atoms with Crippen LogP contribution in [0.3, 0.4) is 0 Å². The highest BCUT2D eigenvalue weighted by Crippen LogP contribution is 2.42. The summed E-state index contributed by atoms with van der Waals surface area (Å²) in [5, 5.41) is 0. The number of aryl methyl sites for hydroxylation is 1. The van der Waals surface area contributed by atoms with Crippen LogP contribution in [0.25, 0.3) is 0 Å².